The molecule has 0 saturated carbocycles. The number of rotatable bonds is 2. The van der Waals surface area contributed by atoms with Crippen molar-refractivity contribution >= 4 is 23.3 Å². The molecule has 18 heavy (non-hydrogen) atoms. The molecule has 0 atom stereocenters. The van der Waals surface area contributed by atoms with Crippen molar-refractivity contribution in [3.05, 3.63) is 52.4 Å². The Morgan fingerprint density at radius 1 is 1.28 bits per heavy atom. The molecule has 2 rings (SSSR count). The van der Waals surface area contributed by atoms with Crippen LogP contribution in [0, 0.1) is 13.8 Å². The summed E-state index contributed by atoms with van der Waals surface area (Å²) >= 11 is 5.66. The van der Waals surface area contributed by atoms with Crippen LogP contribution in [0.5, 0.6) is 0 Å². The van der Waals surface area contributed by atoms with E-state index in [0.717, 1.165) is 11.3 Å². The Kier molecular flexibility index (Phi) is 3.58. The largest absolute Gasteiger partial charge is 0.306 e. The van der Waals surface area contributed by atoms with E-state index in [9.17, 15) is 4.79 Å². The molecule has 5 heteroatoms. The molecule has 2 aromatic rings. The van der Waals surface area contributed by atoms with E-state index < -0.39 is 0 Å². The Morgan fingerprint density at radius 3 is 2.67 bits per heavy atom. The smallest absolute Gasteiger partial charge is 0.258 e. The number of nitrogens with one attached hydrogen (secondary N) is 1. The number of hydrogen-bond acceptors (Lipinski definition) is 3. The SMILES string of the molecule is Cc1cc(C)nc(NC(=O)c2ccc(Cl)nc2)c1. The molecule has 1 N–H and O–H groups in total. The standard InChI is InChI=1S/C13H12ClN3O/c1-8-5-9(2)16-12(6-8)17-13(18)10-3-4-11(14)15-7-10/h3-7H,1-2H3,(H,16,17,18). The number of carbonyl (C=O) groups excluding carboxylic acids is 1. The number of halogens is 1. The van der Waals surface area contributed by atoms with Gasteiger partial charge >= 0.3 is 0 Å². The van der Waals surface area contributed by atoms with Crippen LogP contribution in [0.25, 0.3) is 0 Å². The van der Waals surface area contributed by atoms with Gasteiger partial charge in [0.15, 0.2) is 0 Å². The van der Waals surface area contributed by atoms with Crippen LogP contribution >= 0.6 is 11.6 Å². The Bertz CT molecular complexity index is 561. The maximum absolute atomic E-state index is 11.9. The van der Waals surface area contributed by atoms with Crippen LogP contribution in [-0.4, -0.2) is 15.9 Å². The van der Waals surface area contributed by atoms with Gasteiger partial charge in [0.25, 0.3) is 5.91 Å². The summed E-state index contributed by atoms with van der Waals surface area (Å²) in [5.74, 6) is 0.282. The average molecular weight is 262 g/mol. The third-order valence-electron chi connectivity index (χ3n) is 2.33. The summed E-state index contributed by atoms with van der Waals surface area (Å²) in [6.07, 6.45) is 1.43. The number of amides is 1. The monoisotopic (exact) mass is 261 g/mol. The van der Waals surface area contributed by atoms with Gasteiger partial charge in [-0.3, -0.25) is 4.79 Å². The zero-order valence-corrected chi connectivity index (χ0v) is 10.8. The molecule has 92 valence electrons. The van der Waals surface area contributed by atoms with E-state index in [2.05, 4.69) is 15.3 Å². The van der Waals surface area contributed by atoms with Gasteiger partial charge in [-0.15, -0.1) is 0 Å². The molecular weight excluding hydrogens is 250 g/mol. The number of carbonyl (C=O) groups is 1. The van der Waals surface area contributed by atoms with E-state index in [1.807, 2.05) is 26.0 Å². The molecule has 0 saturated heterocycles. The van der Waals surface area contributed by atoms with Gasteiger partial charge in [-0.05, 0) is 43.7 Å². The Morgan fingerprint density at radius 2 is 2.06 bits per heavy atom. The lowest BCUT2D eigenvalue weighted by Crippen LogP contribution is -2.13. The second-order valence-corrected chi connectivity index (χ2v) is 4.38. The van der Waals surface area contributed by atoms with Crippen molar-refractivity contribution in [2.75, 3.05) is 5.32 Å². The van der Waals surface area contributed by atoms with Crippen molar-refractivity contribution in [1.82, 2.24) is 9.97 Å². The van der Waals surface area contributed by atoms with Crippen molar-refractivity contribution in [2.45, 2.75) is 13.8 Å². The lowest BCUT2D eigenvalue weighted by atomic mass is 10.2. The Labute approximate surface area is 110 Å². The topological polar surface area (TPSA) is 54.9 Å². The molecule has 0 fully saturated rings. The van der Waals surface area contributed by atoms with Crippen LogP contribution < -0.4 is 5.32 Å². The first kappa shape index (κ1) is 12.5. The van der Waals surface area contributed by atoms with E-state index in [4.69, 9.17) is 11.6 Å². The quantitative estimate of drug-likeness (QED) is 0.846. The number of aromatic nitrogens is 2. The number of hydrogen-bond donors (Lipinski definition) is 1. The lowest BCUT2D eigenvalue weighted by molar-refractivity contribution is 0.102. The molecule has 0 aliphatic carbocycles. The molecular formula is C13H12ClN3O. The van der Waals surface area contributed by atoms with E-state index in [-0.39, 0.29) is 5.91 Å². The van der Waals surface area contributed by atoms with Crippen molar-refractivity contribution in [3.8, 4) is 0 Å². The first-order valence-corrected chi connectivity index (χ1v) is 5.80. The maximum atomic E-state index is 11.9. The fourth-order valence-corrected chi connectivity index (χ4v) is 1.72. The summed E-state index contributed by atoms with van der Waals surface area (Å²) in [5, 5.41) is 3.08. The Balaban J connectivity index is 2.18. The van der Waals surface area contributed by atoms with Crippen LogP contribution in [0.2, 0.25) is 5.15 Å². The molecule has 0 aliphatic rings. The van der Waals surface area contributed by atoms with E-state index >= 15 is 0 Å². The summed E-state index contributed by atoms with van der Waals surface area (Å²) in [6.45, 7) is 3.83. The minimum absolute atomic E-state index is 0.253. The first-order valence-electron chi connectivity index (χ1n) is 5.43. The van der Waals surface area contributed by atoms with Gasteiger partial charge in [0.1, 0.15) is 11.0 Å². The second kappa shape index (κ2) is 5.14. The molecule has 0 aliphatic heterocycles. The fraction of sp³-hybridized carbons (Fsp3) is 0.154. The van der Waals surface area contributed by atoms with Crippen LogP contribution in [0.3, 0.4) is 0 Å². The molecule has 2 aromatic heterocycles. The fourth-order valence-electron chi connectivity index (χ4n) is 1.60. The van der Waals surface area contributed by atoms with Crippen molar-refractivity contribution in [2.24, 2.45) is 0 Å². The molecule has 0 bridgehead atoms. The zero-order chi connectivity index (χ0) is 13.1. The highest BCUT2D eigenvalue weighted by Crippen LogP contribution is 2.11. The molecule has 0 spiro atoms. The normalized spacial score (nSPS) is 10.2. The first-order chi connectivity index (χ1) is 8.54. The van der Waals surface area contributed by atoms with Gasteiger partial charge in [-0.2, -0.15) is 0 Å². The maximum Gasteiger partial charge on any atom is 0.258 e. The highest BCUT2D eigenvalue weighted by molar-refractivity contribution is 6.29. The Hall–Kier alpha value is -1.94. The van der Waals surface area contributed by atoms with Crippen molar-refractivity contribution in [1.29, 1.82) is 0 Å². The summed E-state index contributed by atoms with van der Waals surface area (Å²) in [7, 11) is 0. The van der Waals surface area contributed by atoms with E-state index in [1.165, 1.54) is 6.20 Å². The molecule has 0 aromatic carbocycles. The van der Waals surface area contributed by atoms with Gasteiger partial charge < -0.3 is 5.32 Å². The van der Waals surface area contributed by atoms with E-state index in [1.54, 1.807) is 12.1 Å². The van der Waals surface area contributed by atoms with Gasteiger partial charge in [0.05, 0.1) is 5.56 Å². The van der Waals surface area contributed by atoms with Gasteiger partial charge in [-0.1, -0.05) is 11.6 Å². The predicted octanol–water partition coefficient (Wildman–Crippen LogP) is 3.00. The molecule has 2 heterocycles. The lowest BCUT2D eigenvalue weighted by Gasteiger charge is -2.06. The summed E-state index contributed by atoms with van der Waals surface area (Å²) < 4.78 is 0. The minimum atomic E-state index is -0.253. The summed E-state index contributed by atoms with van der Waals surface area (Å²) in [4.78, 5) is 20.0. The van der Waals surface area contributed by atoms with Gasteiger partial charge in [0, 0.05) is 11.9 Å². The van der Waals surface area contributed by atoms with Crippen LogP contribution in [0.4, 0.5) is 5.82 Å². The molecule has 1 amide bonds. The zero-order valence-electron chi connectivity index (χ0n) is 10.1. The number of aryl methyl sites for hydroxylation is 2. The minimum Gasteiger partial charge on any atom is -0.306 e. The van der Waals surface area contributed by atoms with Crippen molar-refractivity contribution in [3.63, 3.8) is 0 Å². The van der Waals surface area contributed by atoms with Gasteiger partial charge in [-0.25, -0.2) is 9.97 Å². The molecule has 4 nitrogen and oxygen atoms in total. The van der Waals surface area contributed by atoms with E-state index in [0.29, 0.717) is 16.5 Å². The number of anilines is 1. The predicted molar refractivity (Wildman–Crippen MR) is 70.9 cm³/mol. The van der Waals surface area contributed by atoms with Crippen molar-refractivity contribution < 1.29 is 4.79 Å². The third-order valence-corrected chi connectivity index (χ3v) is 2.55. The summed E-state index contributed by atoms with van der Waals surface area (Å²) in [6, 6.07) is 6.95. The third kappa shape index (κ3) is 3.05. The average Bonchev–Trinajstić information content (AvgIpc) is 2.28. The van der Waals surface area contributed by atoms with Gasteiger partial charge in [0.2, 0.25) is 0 Å². The highest BCUT2D eigenvalue weighted by Gasteiger charge is 2.07. The second-order valence-electron chi connectivity index (χ2n) is 3.99. The molecule has 0 unspecified atom stereocenters. The van der Waals surface area contributed by atoms with Crippen LogP contribution in [-0.2, 0) is 0 Å². The van der Waals surface area contributed by atoms with Crippen LogP contribution in [0.15, 0.2) is 30.5 Å². The number of nitrogens with zero attached hydrogens (tertiary/aromatic N) is 2. The molecule has 0 radical (unpaired) electrons. The highest BCUT2D eigenvalue weighted by atomic mass is 35.5. The summed E-state index contributed by atoms with van der Waals surface area (Å²) in [5.41, 5.74) is 2.35. The number of pyridine rings is 2. The van der Waals surface area contributed by atoms with Crippen LogP contribution in [0.1, 0.15) is 21.6 Å².